The molecule has 1 aliphatic rings. The summed E-state index contributed by atoms with van der Waals surface area (Å²) in [5, 5.41) is 0.822. The maximum Gasteiger partial charge on any atom is 0.363 e. The van der Waals surface area contributed by atoms with E-state index in [0.29, 0.717) is 28.0 Å². The molecule has 0 aromatic heterocycles. The highest BCUT2D eigenvalue weighted by Crippen LogP contribution is 2.32. The Kier molecular flexibility index (Phi) is 7.38. The van der Waals surface area contributed by atoms with Gasteiger partial charge in [0, 0.05) is 5.02 Å². The van der Waals surface area contributed by atoms with Gasteiger partial charge in [0.25, 0.3) is 0 Å². The van der Waals surface area contributed by atoms with Crippen molar-refractivity contribution in [1.82, 2.24) is 0 Å². The van der Waals surface area contributed by atoms with Crippen LogP contribution < -0.4 is 4.74 Å². The maximum absolute atomic E-state index is 13.1. The molecule has 9 heteroatoms. The summed E-state index contributed by atoms with van der Waals surface area (Å²) < 4.78 is 26.0. The highest BCUT2D eigenvalue weighted by molar-refractivity contribution is 14.1. The minimum atomic E-state index is -0.562. The van der Waals surface area contributed by atoms with Crippen molar-refractivity contribution in [1.29, 1.82) is 0 Å². The Morgan fingerprint density at radius 2 is 1.72 bits per heavy atom. The SMILES string of the molecule is O=C1OC(c2ccc(Cl)cc2Cl)=N/C1=C\c1cc(I)c(OCc2ccc(F)cc2)c(I)c1. The van der Waals surface area contributed by atoms with Crippen LogP contribution in [0, 0.1) is 13.0 Å². The summed E-state index contributed by atoms with van der Waals surface area (Å²) in [6.07, 6.45) is 1.65. The summed E-state index contributed by atoms with van der Waals surface area (Å²) in [6.45, 7) is 0.314. The number of benzene rings is 3. The number of aliphatic imine (C=N–C) groups is 1. The number of esters is 1. The number of rotatable bonds is 5. The first-order valence-corrected chi connectivity index (χ1v) is 12.1. The number of ether oxygens (including phenoxy) is 2. The third kappa shape index (κ3) is 5.44. The average Bonchev–Trinajstić information content (AvgIpc) is 3.08. The zero-order valence-electron chi connectivity index (χ0n) is 16.0. The lowest BCUT2D eigenvalue weighted by atomic mass is 10.2. The van der Waals surface area contributed by atoms with Crippen molar-refractivity contribution in [3.8, 4) is 5.75 Å². The molecule has 1 aliphatic heterocycles. The Hall–Kier alpha value is -1.69. The third-order valence-corrected chi connectivity index (χ3v) is 6.55. The number of nitrogens with zero attached hydrogens (tertiary/aromatic N) is 1. The normalized spacial score (nSPS) is 14.5. The van der Waals surface area contributed by atoms with Crippen molar-refractivity contribution in [3.05, 3.63) is 100.0 Å². The molecule has 0 bridgehead atoms. The Balaban J connectivity index is 1.56. The summed E-state index contributed by atoms with van der Waals surface area (Å²) in [7, 11) is 0. The largest absolute Gasteiger partial charge is 0.487 e. The second-order valence-corrected chi connectivity index (χ2v) is 9.86. The van der Waals surface area contributed by atoms with Gasteiger partial charge in [0.05, 0.1) is 17.7 Å². The van der Waals surface area contributed by atoms with Gasteiger partial charge in [-0.3, -0.25) is 0 Å². The Bertz CT molecular complexity index is 1250. The molecule has 0 unspecified atom stereocenters. The molecule has 0 radical (unpaired) electrons. The van der Waals surface area contributed by atoms with Crippen molar-refractivity contribution in [2.24, 2.45) is 4.99 Å². The van der Waals surface area contributed by atoms with E-state index in [1.165, 1.54) is 12.1 Å². The van der Waals surface area contributed by atoms with Crippen LogP contribution in [0.4, 0.5) is 4.39 Å². The highest BCUT2D eigenvalue weighted by atomic mass is 127. The van der Waals surface area contributed by atoms with Crippen molar-refractivity contribution in [2.45, 2.75) is 6.61 Å². The first-order valence-electron chi connectivity index (χ1n) is 9.14. The van der Waals surface area contributed by atoms with E-state index in [9.17, 15) is 9.18 Å². The number of halogens is 5. The van der Waals surface area contributed by atoms with E-state index >= 15 is 0 Å². The predicted molar refractivity (Wildman–Crippen MR) is 140 cm³/mol. The number of cyclic esters (lactones) is 1. The topological polar surface area (TPSA) is 47.9 Å². The van der Waals surface area contributed by atoms with Gasteiger partial charge in [-0.05, 0) is 105 Å². The van der Waals surface area contributed by atoms with Crippen molar-refractivity contribution < 1.29 is 18.7 Å². The molecule has 0 N–H and O–H groups in total. The van der Waals surface area contributed by atoms with Crippen molar-refractivity contribution in [3.63, 3.8) is 0 Å². The quantitative estimate of drug-likeness (QED) is 0.161. The van der Waals surface area contributed by atoms with Crippen LogP contribution in [0.25, 0.3) is 6.08 Å². The van der Waals surface area contributed by atoms with E-state index in [-0.39, 0.29) is 17.4 Å². The molecule has 0 saturated heterocycles. The van der Waals surface area contributed by atoms with Gasteiger partial charge in [-0.25, -0.2) is 14.2 Å². The molecule has 32 heavy (non-hydrogen) atoms. The number of carbonyl (C=O) groups excluding carboxylic acids is 1. The lowest BCUT2D eigenvalue weighted by Crippen LogP contribution is -2.06. The second kappa shape index (κ2) is 10.1. The maximum atomic E-state index is 13.1. The molecule has 0 amide bonds. The fourth-order valence-corrected chi connectivity index (χ4v) is 5.50. The monoisotopic (exact) mass is 693 g/mol. The van der Waals surface area contributed by atoms with Crippen molar-refractivity contribution >= 4 is 86.3 Å². The van der Waals surface area contributed by atoms with Crippen LogP contribution in [0.2, 0.25) is 10.0 Å². The van der Waals surface area contributed by atoms with E-state index in [1.807, 2.05) is 12.1 Å². The molecule has 1 heterocycles. The summed E-state index contributed by atoms with van der Waals surface area (Å²) in [6, 6.07) is 14.8. The molecule has 0 atom stereocenters. The number of carbonyl (C=O) groups is 1. The summed E-state index contributed by atoms with van der Waals surface area (Å²) in [4.78, 5) is 16.6. The average molecular weight is 694 g/mol. The smallest absolute Gasteiger partial charge is 0.363 e. The molecule has 3 aromatic carbocycles. The second-order valence-electron chi connectivity index (χ2n) is 6.69. The van der Waals surface area contributed by atoms with Gasteiger partial charge in [0.2, 0.25) is 5.90 Å². The first-order chi connectivity index (χ1) is 15.3. The predicted octanol–water partition coefficient (Wildman–Crippen LogP) is 7.27. The number of hydrogen-bond donors (Lipinski definition) is 0. The molecule has 0 saturated carbocycles. The fourth-order valence-electron chi connectivity index (χ4n) is 2.88. The van der Waals surface area contributed by atoms with Crippen LogP contribution >= 0.6 is 68.4 Å². The molecule has 0 aliphatic carbocycles. The van der Waals surface area contributed by atoms with Gasteiger partial charge in [0.15, 0.2) is 5.70 Å². The molecule has 4 nitrogen and oxygen atoms in total. The molecule has 3 aromatic rings. The van der Waals surface area contributed by atoms with Crippen LogP contribution in [-0.4, -0.2) is 11.9 Å². The van der Waals surface area contributed by atoms with Gasteiger partial charge >= 0.3 is 5.97 Å². The Morgan fingerprint density at radius 1 is 1.03 bits per heavy atom. The third-order valence-electron chi connectivity index (χ3n) is 4.40. The van der Waals surface area contributed by atoms with Gasteiger partial charge in [-0.1, -0.05) is 35.3 Å². The van der Waals surface area contributed by atoms with E-state index in [1.54, 1.807) is 36.4 Å². The van der Waals surface area contributed by atoms with Crippen LogP contribution in [0.1, 0.15) is 16.7 Å². The fraction of sp³-hybridized carbons (Fsp3) is 0.0435. The zero-order valence-corrected chi connectivity index (χ0v) is 21.9. The van der Waals surface area contributed by atoms with E-state index in [0.717, 1.165) is 18.3 Å². The molecular weight excluding hydrogens is 682 g/mol. The first kappa shape index (κ1) is 23.5. The molecule has 162 valence electrons. The molecular formula is C23H12Cl2FI2NO3. The summed E-state index contributed by atoms with van der Waals surface area (Å²) in [5.74, 6) is -0.00654. The van der Waals surface area contributed by atoms with Gasteiger partial charge in [-0.15, -0.1) is 0 Å². The number of hydrogen-bond acceptors (Lipinski definition) is 4. The van der Waals surface area contributed by atoms with Crippen LogP contribution in [0.3, 0.4) is 0 Å². The molecule has 0 fully saturated rings. The van der Waals surface area contributed by atoms with Gasteiger partial charge in [0.1, 0.15) is 18.2 Å². The Morgan fingerprint density at radius 3 is 2.38 bits per heavy atom. The van der Waals surface area contributed by atoms with Crippen molar-refractivity contribution in [2.75, 3.05) is 0 Å². The lowest BCUT2D eigenvalue weighted by Gasteiger charge is -2.11. The minimum absolute atomic E-state index is 0.131. The van der Waals surface area contributed by atoms with E-state index < -0.39 is 5.97 Å². The Labute approximate surface area is 220 Å². The minimum Gasteiger partial charge on any atom is -0.487 e. The molecule has 4 rings (SSSR count). The summed E-state index contributed by atoms with van der Waals surface area (Å²) >= 11 is 16.5. The standard InChI is InChI=1S/C23H12Cl2FI2NO3/c24-14-3-6-16(17(25)10-14)22-29-20(23(30)32-22)9-13-7-18(27)21(19(28)8-13)31-11-12-1-4-15(26)5-2-12/h1-10H,11H2/b20-9-. The van der Waals surface area contributed by atoms with Gasteiger partial charge in [-0.2, -0.15) is 0 Å². The highest BCUT2D eigenvalue weighted by Gasteiger charge is 2.26. The lowest BCUT2D eigenvalue weighted by molar-refractivity contribution is -0.129. The van der Waals surface area contributed by atoms with E-state index in [2.05, 4.69) is 50.2 Å². The van der Waals surface area contributed by atoms with Crippen LogP contribution in [0.15, 0.2) is 65.3 Å². The van der Waals surface area contributed by atoms with Crippen LogP contribution in [0.5, 0.6) is 5.75 Å². The molecule has 0 spiro atoms. The van der Waals surface area contributed by atoms with Gasteiger partial charge < -0.3 is 9.47 Å². The van der Waals surface area contributed by atoms with Crippen LogP contribution in [-0.2, 0) is 16.1 Å². The zero-order chi connectivity index (χ0) is 22.8. The van der Waals surface area contributed by atoms with E-state index in [4.69, 9.17) is 32.7 Å². The summed E-state index contributed by atoms with van der Waals surface area (Å²) in [5.41, 5.74) is 2.28.